The first-order chi connectivity index (χ1) is 6.02. The highest BCUT2D eigenvalue weighted by molar-refractivity contribution is 5.95. The second kappa shape index (κ2) is 3.47. The molecule has 1 aromatic rings. The molecule has 0 heterocycles. The number of phenols is 1. The Morgan fingerprint density at radius 2 is 2.08 bits per heavy atom. The molecule has 70 valence electrons. The van der Waals surface area contributed by atoms with Crippen LogP contribution in [-0.4, -0.2) is 11.0 Å². The summed E-state index contributed by atoms with van der Waals surface area (Å²) < 4.78 is 0. The molecule has 0 spiro atoms. The van der Waals surface area contributed by atoms with E-state index in [0.29, 0.717) is 5.92 Å². The summed E-state index contributed by atoms with van der Waals surface area (Å²) in [6.45, 7) is 4.02. The van der Waals surface area contributed by atoms with E-state index in [-0.39, 0.29) is 11.3 Å². The smallest absolute Gasteiger partial charge is 0.252 e. The van der Waals surface area contributed by atoms with Crippen molar-refractivity contribution in [3.8, 4) is 5.75 Å². The van der Waals surface area contributed by atoms with E-state index in [9.17, 15) is 9.90 Å². The van der Waals surface area contributed by atoms with E-state index in [4.69, 9.17) is 5.73 Å². The summed E-state index contributed by atoms with van der Waals surface area (Å²) >= 11 is 0. The molecule has 0 bridgehead atoms. The van der Waals surface area contributed by atoms with Gasteiger partial charge in [0.25, 0.3) is 5.91 Å². The van der Waals surface area contributed by atoms with E-state index in [1.54, 1.807) is 12.1 Å². The summed E-state index contributed by atoms with van der Waals surface area (Å²) in [4.78, 5) is 10.9. The van der Waals surface area contributed by atoms with Gasteiger partial charge in [0.1, 0.15) is 5.75 Å². The lowest BCUT2D eigenvalue weighted by Crippen LogP contribution is -2.11. The zero-order valence-electron chi connectivity index (χ0n) is 7.74. The molecule has 0 aliphatic heterocycles. The number of rotatable bonds is 2. The topological polar surface area (TPSA) is 63.3 Å². The van der Waals surface area contributed by atoms with Crippen LogP contribution in [-0.2, 0) is 0 Å². The number of primary amides is 1. The summed E-state index contributed by atoms with van der Waals surface area (Å²) in [5, 5.41) is 9.29. The van der Waals surface area contributed by atoms with Gasteiger partial charge < -0.3 is 10.8 Å². The molecule has 0 radical (unpaired) electrons. The van der Waals surface area contributed by atoms with Gasteiger partial charge in [-0.1, -0.05) is 19.9 Å². The van der Waals surface area contributed by atoms with E-state index >= 15 is 0 Å². The Balaban J connectivity index is 3.19. The van der Waals surface area contributed by atoms with Crippen molar-refractivity contribution in [3.05, 3.63) is 29.3 Å². The predicted molar refractivity (Wildman–Crippen MR) is 50.7 cm³/mol. The van der Waals surface area contributed by atoms with Crippen LogP contribution >= 0.6 is 0 Å². The normalized spacial score (nSPS) is 10.4. The number of amides is 1. The minimum Gasteiger partial charge on any atom is -0.507 e. The van der Waals surface area contributed by atoms with E-state index in [1.165, 1.54) is 6.07 Å². The maximum absolute atomic E-state index is 10.9. The first-order valence-corrected chi connectivity index (χ1v) is 4.15. The number of benzene rings is 1. The average molecular weight is 179 g/mol. The minimum absolute atomic E-state index is 0.0584. The van der Waals surface area contributed by atoms with E-state index < -0.39 is 5.91 Å². The third-order valence-electron chi connectivity index (χ3n) is 1.95. The number of hydrogen-bond acceptors (Lipinski definition) is 2. The van der Waals surface area contributed by atoms with Crippen LogP contribution in [0.15, 0.2) is 18.2 Å². The van der Waals surface area contributed by atoms with Crippen LogP contribution in [0.5, 0.6) is 5.75 Å². The van der Waals surface area contributed by atoms with Crippen LogP contribution in [0.3, 0.4) is 0 Å². The zero-order chi connectivity index (χ0) is 10.0. The number of carbonyl (C=O) groups is 1. The van der Waals surface area contributed by atoms with Crippen molar-refractivity contribution >= 4 is 5.91 Å². The summed E-state index contributed by atoms with van der Waals surface area (Å²) in [6.07, 6.45) is 0. The first kappa shape index (κ1) is 9.58. The molecule has 0 aliphatic rings. The Morgan fingerprint density at radius 3 is 2.54 bits per heavy atom. The highest BCUT2D eigenvalue weighted by atomic mass is 16.3. The molecule has 0 unspecified atom stereocenters. The second-order valence-corrected chi connectivity index (χ2v) is 3.30. The van der Waals surface area contributed by atoms with Gasteiger partial charge in [-0.15, -0.1) is 0 Å². The van der Waals surface area contributed by atoms with Crippen LogP contribution in [0, 0.1) is 0 Å². The van der Waals surface area contributed by atoms with Gasteiger partial charge in [0, 0.05) is 0 Å². The van der Waals surface area contributed by atoms with Crippen LogP contribution in [0.2, 0.25) is 0 Å². The number of aromatic hydroxyl groups is 1. The Bertz CT molecular complexity index is 332. The molecular formula is C10H13NO2. The Morgan fingerprint density at radius 1 is 1.46 bits per heavy atom. The van der Waals surface area contributed by atoms with Crippen molar-refractivity contribution in [2.45, 2.75) is 19.8 Å². The molecule has 0 aliphatic carbocycles. The molecule has 1 amide bonds. The summed E-state index contributed by atoms with van der Waals surface area (Å²) in [5.41, 5.74) is 6.26. The summed E-state index contributed by atoms with van der Waals surface area (Å²) in [6, 6.07) is 4.91. The molecule has 0 saturated carbocycles. The van der Waals surface area contributed by atoms with Gasteiger partial charge in [0.2, 0.25) is 0 Å². The van der Waals surface area contributed by atoms with E-state index in [2.05, 4.69) is 0 Å². The van der Waals surface area contributed by atoms with Crippen molar-refractivity contribution in [1.29, 1.82) is 0 Å². The SMILES string of the molecule is CC(C)c1ccc(O)c(C(N)=O)c1. The van der Waals surface area contributed by atoms with Gasteiger partial charge in [-0.25, -0.2) is 0 Å². The van der Waals surface area contributed by atoms with Gasteiger partial charge >= 0.3 is 0 Å². The molecule has 3 nitrogen and oxygen atoms in total. The Labute approximate surface area is 77.2 Å². The monoisotopic (exact) mass is 179 g/mol. The Kier molecular flexibility index (Phi) is 2.56. The molecule has 0 atom stereocenters. The van der Waals surface area contributed by atoms with Crippen molar-refractivity contribution in [2.24, 2.45) is 5.73 Å². The first-order valence-electron chi connectivity index (χ1n) is 4.15. The molecule has 3 N–H and O–H groups in total. The summed E-state index contributed by atoms with van der Waals surface area (Å²) in [5.74, 6) is -0.337. The lowest BCUT2D eigenvalue weighted by atomic mass is 10.00. The van der Waals surface area contributed by atoms with Crippen molar-refractivity contribution in [3.63, 3.8) is 0 Å². The van der Waals surface area contributed by atoms with Gasteiger partial charge in [-0.05, 0) is 23.6 Å². The molecule has 0 aromatic heterocycles. The standard InChI is InChI=1S/C10H13NO2/c1-6(2)7-3-4-9(12)8(5-7)10(11)13/h3-6,12H,1-2H3,(H2,11,13). The van der Waals surface area contributed by atoms with Gasteiger partial charge in [-0.2, -0.15) is 0 Å². The van der Waals surface area contributed by atoms with Gasteiger partial charge in [-0.3, -0.25) is 4.79 Å². The van der Waals surface area contributed by atoms with E-state index in [0.717, 1.165) is 5.56 Å². The molecule has 0 fully saturated rings. The largest absolute Gasteiger partial charge is 0.507 e. The van der Waals surface area contributed by atoms with Crippen LogP contribution < -0.4 is 5.73 Å². The van der Waals surface area contributed by atoms with Crippen LogP contribution in [0.25, 0.3) is 0 Å². The third kappa shape index (κ3) is 1.99. The lowest BCUT2D eigenvalue weighted by molar-refractivity contribution is 0.0997. The fourth-order valence-corrected chi connectivity index (χ4v) is 1.11. The summed E-state index contributed by atoms with van der Waals surface area (Å²) in [7, 11) is 0. The highest BCUT2D eigenvalue weighted by Crippen LogP contribution is 2.22. The zero-order valence-corrected chi connectivity index (χ0v) is 7.74. The van der Waals surface area contributed by atoms with Crippen molar-refractivity contribution in [1.82, 2.24) is 0 Å². The molecule has 13 heavy (non-hydrogen) atoms. The van der Waals surface area contributed by atoms with Crippen molar-refractivity contribution < 1.29 is 9.90 Å². The maximum atomic E-state index is 10.9. The third-order valence-corrected chi connectivity index (χ3v) is 1.95. The molecule has 3 heteroatoms. The van der Waals surface area contributed by atoms with Crippen LogP contribution in [0.1, 0.15) is 35.7 Å². The fourth-order valence-electron chi connectivity index (χ4n) is 1.11. The number of carbonyl (C=O) groups excluding carboxylic acids is 1. The van der Waals surface area contributed by atoms with Gasteiger partial charge in [0.15, 0.2) is 0 Å². The second-order valence-electron chi connectivity index (χ2n) is 3.30. The van der Waals surface area contributed by atoms with E-state index in [1.807, 2.05) is 13.8 Å². The lowest BCUT2D eigenvalue weighted by Gasteiger charge is -2.07. The average Bonchev–Trinajstić information content (AvgIpc) is 2.04. The quantitative estimate of drug-likeness (QED) is 0.724. The van der Waals surface area contributed by atoms with Crippen LogP contribution in [0.4, 0.5) is 0 Å². The number of hydrogen-bond donors (Lipinski definition) is 2. The minimum atomic E-state index is -0.597. The Hall–Kier alpha value is -1.51. The maximum Gasteiger partial charge on any atom is 0.252 e. The molecule has 1 aromatic carbocycles. The molecular weight excluding hydrogens is 166 g/mol. The predicted octanol–water partition coefficient (Wildman–Crippen LogP) is 1.61. The highest BCUT2D eigenvalue weighted by Gasteiger charge is 2.09. The fraction of sp³-hybridized carbons (Fsp3) is 0.300. The number of nitrogens with two attached hydrogens (primary N) is 1. The van der Waals surface area contributed by atoms with Gasteiger partial charge in [0.05, 0.1) is 5.56 Å². The molecule has 1 rings (SSSR count). The molecule has 0 saturated heterocycles. The van der Waals surface area contributed by atoms with Crippen molar-refractivity contribution in [2.75, 3.05) is 0 Å².